The average Bonchev–Trinajstić information content (AvgIpc) is 2.76. The van der Waals surface area contributed by atoms with Crippen LogP contribution in [0.4, 0.5) is 5.69 Å². The molecule has 1 saturated heterocycles. The second-order valence-electron chi connectivity index (χ2n) is 4.87. The monoisotopic (exact) mass is 259 g/mol. The van der Waals surface area contributed by atoms with Gasteiger partial charge in [0.15, 0.2) is 0 Å². The third kappa shape index (κ3) is 2.53. The zero-order valence-electron chi connectivity index (χ0n) is 10.5. The second-order valence-corrected chi connectivity index (χ2v) is 4.87. The molecule has 3 atom stereocenters. The van der Waals surface area contributed by atoms with Gasteiger partial charge in [0.25, 0.3) is 0 Å². The van der Waals surface area contributed by atoms with Crippen molar-refractivity contribution >= 4 is 16.6 Å². The van der Waals surface area contributed by atoms with Crippen molar-refractivity contribution in [2.75, 3.05) is 18.4 Å². The largest absolute Gasteiger partial charge is 0.389 e. The number of aliphatic hydroxyl groups excluding tert-OH is 2. The molecule has 0 saturated carbocycles. The molecule has 1 aliphatic rings. The predicted molar refractivity (Wildman–Crippen MR) is 74.0 cm³/mol. The van der Waals surface area contributed by atoms with E-state index in [9.17, 15) is 10.2 Å². The molecule has 0 spiro atoms. The molecule has 3 rings (SSSR count). The van der Waals surface area contributed by atoms with Gasteiger partial charge >= 0.3 is 0 Å². The fourth-order valence-corrected chi connectivity index (χ4v) is 2.37. The summed E-state index contributed by atoms with van der Waals surface area (Å²) in [4.78, 5) is 4.37. The fourth-order valence-electron chi connectivity index (χ4n) is 2.37. The number of para-hydroxylation sites is 1. The van der Waals surface area contributed by atoms with Gasteiger partial charge in [-0.05, 0) is 12.1 Å². The molecule has 19 heavy (non-hydrogen) atoms. The number of benzene rings is 1. The number of rotatable bonds is 3. The van der Waals surface area contributed by atoms with Crippen LogP contribution in [0.2, 0.25) is 0 Å². The van der Waals surface area contributed by atoms with Crippen molar-refractivity contribution < 1.29 is 10.2 Å². The highest BCUT2D eigenvalue weighted by molar-refractivity contribution is 5.81. The summed E-state index contributed by atoms with van der Waals surface area (Å²) in [7, 11) is 0. The first kappa shape index (κ1) is 12.3. The normalized spacial score (nSPS) is 26.7. The van der Waals surface area contributed by atoms with Crippen molar-refractivity contribution in [1.82, 2.24) is 10.3 Å². The Labute approximate surface area is 111 Å². The van der Waals surface area contributed by atoms with Crippen LogP contribution < -0.4 is 10.6 Å². The van der Waals surface area contributed by atoms with Gasteiger partial charge in [0.2, 0.25) is 0 Å². The molecule has 0 unspecified atom stereocenters. The molecule has 1 aromatic heterocycles. The van der Waals surface area contributed by atoms with Crippen LogP contribution in [0, 0.1) is 0 Å². The summed E-state index contributed by atoms with van der Waals surface area (Å²) in [6.07, 6.45) is 0.377. The number of nitrogens with zero attached hydrogens (tertiary/aromatic N) is 1. The maximum Gasteiger partial charge on any atom is 0.0981 e. The number of hydrogen-bond acceptors (Lipinski definition) is 5. The number of aliphatic hydroxyl groups is 2. The first-order chi connectivity index (χ1) is 9.24. The van der Waals surface area contributed by atoms with Gasteiger partial charge in [-0.2, -0.15) is 0 Å². The molecule has 5 nitrogen and oxygen atoms in total. The predicted octanol–water partition coefficient (Wildman–Crippen LogP) is 0.340. The third-order valence-electron chi connectivity index (χ3n) is 3.51. The van der Waals surface area contributed by atoms with Gasteiger partial charge in [-0.15, -0.1) is 0 Å². The highest BCUT2D eigenvalue weighted by Gasteiger charge is 2.32. The molecular weight excluding hydrogens is 242 g/mol. The van der Waals surface area contributed by atoms with Crippen LogP contribution in [0.1, 0.15) is 0 Å². The zero-order chi connectivity index (χ0) is 13.2. The molecule has 1 fully saturated rings. The molecule has 5 heteroatoms. The number of hydrogen-bond donors (Lipinski definition) is 4. The van der Waals surface area contributed by atoms with Gasteiger partial charge in [-0.25, -0.2) is 0 Å². The summed E-state index contributed by atoms with van der Waals surface area (Å²) >= 11 is 0. The lowest BCUT2D eigenvalue weighted by Crippen LogP contribution is -2.38. The molecule has 2 heterocycles. The van der Waals surface area contributed by atoms with Crippen LogP contribution in [0.3, 0.4) is 0 Å². The van der Waals surface area contributed by atoms with Gasteiger partial charge in [0.1, 0.15) is 0 Å². The average molecular weight is 259 g/mol. The quantitative estimate of drug-likeness (QED) is 0.639. The SMILES string of the molecule is O[C@H]1[C@H](O)CN[C@@H]1CNc1cnc2ccccc2c1. The fraction of sp³-hybridized carbons (Fsp3) is 0.357. The number of aromatic nitrogens is 1. The van der Waals surface area contributed by atoms with E-state index in [0.717, 1.165) is 16.6 Å². The van der Waals surface area contributed by atoms with Gasteiger partial charge < -0.3 is 20.8 Å². The van der Waals surface area contributed by atoms with Crippen LogP contribution >= 0.6 is 0 Å². The van der Waals surface area contributed by atoms with E-state index in [2.05, 4.69) is 15.6 Å². The maximum absolute atomic E-state index is 9.74. The Balaban J connectivity index is 1.68. The number of anilines is 1. The molecular formula is C14H17N3O2. The summed E-state index contributed by atoms with van der Waals surface area (Å²) in [5, 5.41) is 26.6. The van der Waals surface area contributed by atoms with Crippen LogP contribution in [-0.4, -0.2) is 46.5 Å². The molecule has 2 aromatic rings. The summed E-state index contributed by atoms with van der Waals surface area (Å²) < 4.78 is 0. The Hall–Kier alpha value is -1.69. The Kier molecular flexibility index (Phi) is 3.33. The molecule has 1 aliphatic heterocycles. The number of nitrogens with one attached hydrogen (secondary N) is 2. The lowest BCUT2D eigenvalue weighted by Gasteiger charge is -2.17. The van der Waals surface area contributed by atoms with Gasteiger partial charge in [-0.1, -0.05) is 18.2 Å². The molecule has 100 valence electrons. The minimum absolute atomic E-state index is 0.138. The first-order valence-corrected chi connectivity index (χ1v) is 6.42. The standard InChI is InChI=1S/C14H17N3O2/c18-13-8-17-12(14(13)19)7-15-10-5-9-3-1-2-4-11(9)16-6-10/h1-6,12-15,17-19H,7-8H2/t12-,13-,14-/m1/s1. The highest BCUT2D eigenvalue weighted by atomic mass is 16.3. The Morgan fingerprint density at radius 1 is 1.32 bits per heavy atom. The van der Waals surface area contributed by atoms with Crippen molar-refractivity contribution in [2.24, 2.45) is 0 Å². The summed E-state index contributed by atoms with van der Waals surface area (Å²) in [5.41, 5.74) is 1.87. The number of fused-ring (bicyclic) bond motifs is 1. The minimum Gasteiger partial charge on any atom is -0.389 e. The van der Waals surface area contributed by atoms with Crippen molar-refractivity contribution in [1.29, 1.82) is 0 Å². The van der Waals surface area contributed by atoms with Crippen molar-refractivity contribution in [2.45, 2.75) is 18.2 Å². The van der Waals surface area contributed by atoms with E-state index in [0.29, 0.717) is 13.1 Å². The van der Waals surface area contributed by atoms with Crippen molar-refractivity contribution in [3.63, 3.8) is 0 Å². The van der Waals surface area contributed by atoms with Gasteiger partial charge in [0.05, 0.1) is 35.7 Å². The van der Waals surface area contributed by atoms with Gasteiger partial charge in [0, 0.05) is 18.5 Å². The molecule has 0 amide bonds. The smallest absolute Gasteiger partial charge is 0.0981 e. The maximum atomic E-state index is 9.74. The topological polar surface area (TPSA) is 77.4 Å². The van der Waals surface area contributed by atoms with Crippen molar-refractivity contribution in [3.8, 4) is 0 Å². The van der Waals surface area contributed by atoms with Crippen LogP contribution in [0.5, 0.6) is 0 Å². The minimum atomic E-state index is -0.721. The number of β-amino-alcohol motifs (C(OH)–C–C–N with tert-alkyl or cyclic N) is 1. The van der Waals surface area contributed by atoms with Crippen molar-refractivity contribution in [3.05, 3.63) is 36.5 Å². The Morgan fingerprint density at radius 2 is 2.16 bits per heavy atom. The van der Waals surface area contributed by atoms with Gasteiger partial charge in [-0.3, -0.25) is 4.98 Å². The summed E-state index contributed by atoms with van der Waals surface area (Å²) in [5.74, 6) is 0. The van der Waals surface area contributed by atoms with E-state index in [1.807, 2.05) is 30.3 Å². The highest BCUT2D eigenvalue weighted by Crippen LogP contribution is 2.16. The summed E-state index contributed by atoms with van der Waals surface area (Å²) in [6.45, 7) is 0.988. The number of pyridine rings is 1. The van der Waals surface area contributed by atoms with Crippen LogP contribution in [0.15, 0.2) is 36.5 Å². The first-order valence-electron chi connectivity index (χ1n) is 6.42. The zero-order valence-corrected chi connectivity index (χ0v) is 10.5. The van der Waals surface area contributed by atoms with E-state index >= 15 is 0 Å². The third-order valence-corrected chi connectivity index (χ3v) is 3.51. The lowest BCUT2D eigenvalue weighted by molar-refractivity contribution is 0.0427. The molecule has 4 N–H and O–H groups in total. The van der Waals surface area contributed by atoms with E-state index in [1.165, 1.54) is 0 Å². The van der Waals surface area contributed by atoms with E-state index in [-0.39, 0.29) is 6.04 Å². The Bertz CT molecular complexity index is 575. The van der Waals surface area contributed by atoms with E-state index in [1.54, 1.807) is 6.20 Å². The molecule has 0 bridgehead atoms. The molecule has 0 radical (unpaired) electrons. The van der Waals surface area contributed by atoms with Crippen LogP contribution in [-0.2, 0) is 0 Å². The Morgan fingerprint density at radius 3 is 2.95 bits per heavy atom. The lowest BCUT2D eigenvalue weighted by atomic mass is 10.1. The summed E-state index contributed by atoms with van der Waals surface area (Å²) in [6, 6.07) is 9.81. The molecule has 0 aliphatic carbocycles. The van der Waals surface area contributed by atoms with Crippen LogP contribution in [0.25, 0.3) is 10.9 Å². The van der Waals surface area contributed by atoms with E-state index < -0.39 is 12.2 Å². The van der Waals surface area contributed by atoms with E-state index in [4.69, 9.17) is 0 Å². The molecule has 1 aromatic carbocycles. The second kappa shape index (κ2) is 5.13.